The van der Waals surface area contributed by atoms with Crippen molar-refractivity contribution in [1.82, 2.24) is 7.90 Å². The van der Waals surface area contributed by atoms with Crippen LogP contribution in [0.5, 0.6) is 0 Å². The van der Waals surface area contributed by atoms with Crippen molar-refractivity contribution in [2.75, 3.05) is 0 Å². The van der Waals surface area contributed by atoms with E-state index in [0.29, 0.717) is 22.2 Å². The van der Waals surface area contributed by atoms with Crippen LogP contribution in [-0.2, 0) is 15.1 Å². The van der Waals surface area contributed by atoms with Crippen molar-refractivity contribution < 1.29 is 15.1 Å². The van der Waals surface area contributed by atoms with Gasteiger partial charge in [-0.05, 0) is 0 Å². The van der Waals surface area contributed by atoms with Crippen molar-refractivity contribution in [2.24, 2.45) is 0 Å². The van der Waals surface area contributed by atoms with Gasteiger partial charge in [-0.25, -0.2) is 0 Å². The molecule has 2 saturated heterocycles. The Bertz CT molecular complexity index is 317. The Morgan fingerprint density at radius 3 is 1.00 bits per heavy atom. The molecule has 2 heterocycles. The van der Waals surface area contributed by atoms with Crippen molar-refractivity contribution in [3.63, 3.8) is 0 Å². The third-order valence-electron chi connectivity index (χ3n) is 5.31. The molecule has 0 spiro atoms. The van der Waals surface area contributed by atoms with E-state index in [0.717, 1.165) is 0 Å². The van der Waals surface area contributed by atoms with E-state index in [2.05, 4.69) is 63.3 Å². The first-order valence-corrected chi connectivity index (χ1v) is 9.54. The summed E-state index contributed by atoms with van der Waals surface area (Å²) in [6, 6.07) is 0. The molecule has 0 aromatic carbocycles. The molecule has 0 amide bonds. The van der Waals surface area contributed by atoms with Crippen LogP contribution in [0.2, 0.25) is 0 Å². The average molecular weight is 339 g/mol. The van der Waals surface area contributed by atoms with Crippen molar-refractivity contribution in [3.8, 4) is 0 Å². The first-order valence-electron chi connectivity index (χ1n) is 8.61. The van der Waals surface area contributed by atoms with E-state index >= 15 is 0 Å². The van der Waals surface area contributed by atoms with Crippen LogP contribution in [-0.4, -0.2) is 30.1 Å². The van der Waals surface area contributed by atoms with Gasteiger partial charge in [-0.1, -0.05) is 0 Å². The molecule has 0 radical (unpaired) electrons. The zero-order chi connectivity index (χ0) is 16.1. The Hall–Kier alpha value is 0.426. The van der Waals surface area contributed by atoms with E-state index in [1.54, 1.807) is 0 Å². The summed E-state index contributed by atoms with van der Waals surface area (Å²) in [6.45, 7) is 19.5. The summed E-state index contributed by atoms with van der Waals surface area (Å²) in [5.41, 5.74) is 1.19. The van der Waals surface area contributed by atoms with E-state index in [9.17, 15) is 0 Å². The van der Waals surface area contributed by atoms with Crippen LogP contribution >= 0.6 is 0 Å². The second-order valence-electron chi connectivity index (χ2n) is 9.55. The Morgan fingerprint density at radius 2 is 0.762 bits per heavy atom. The number of rotatable bonds is 2. The predicted molar refractivity (Wildman–Crippen MR) is 87.7 cm³/mol. The van der Waals surface area contributed by atoms with Gasteiger partial charge in [0.15, 0.2) is 0 Å². The van der Waals surface area contributed by atoms with E-state index < -0.39 is 0 Å². The fourth-order valence-corrected chi connectivity index (χ4v) is 6.15. The fourth-order valence-electron chi connectivity index (χ4n) is 4.35. The summed E-state index contributed by atoms with van der Waals surface area (Å²) in [7, 11) is 0. The van der Waals surface area contributed by atoms with Crippen LogP contribution in [0.25, 0.3) is 0 Å². The normalized spacial score (nSPS) is 32.2. The van der Waals surface area contributed by atoms with Gasteiger partial charge in [0.25, 0.3) is 0 Å². The van der Waals surface area contributed by atoms with Crippen LogP contribution in [0.1, 0.15) is 93.9 Å². The molecule has 3 heteroatoms. The molecular formula is C18H36CoN2. The maximum atomic E-state index is 2.76. The first-order chi connectivity index (χ1) is 9.39. The summed E-state index contributed by atoms with van der Waals surface area (Å²) < 4.78 is 5.52. The van der Waals surface area contributed by atoms with Gasteiger partial charge < -0.3 is 0 Å². The molecule has 2 fully saturated rings. The predicted octanol–water partition coefficient (Wildman–Crippen LogP) is 4.99. The molecule has 21 heavy (non-hydrogen) atoms. The average Bonchev–Trinajstić information content (AvgIpc) is 2.23. The standard InChI is InChI=1S/2C9H18N.Co/c2*1-8(2)6-5-7-9(3,4)10-8;/h2*5-7H2,1-4H3;/q2*-1;+2. The van der Waals surface area contributed by atoms with E-state index in [1.165, 1.54) is 53.7 Å². The molecule has 0 aromatic rings. The number of nitrogens with zero attached hydrogens (tertiary/aromatic N) is 2. The van der Waals surface area contributed by atoms with Crippen LogP contribution < -0.4 is 0 Å². The van der Waals surface area contributed by atoms with Gasteiger partial charge in [0, 0.05) is 0 Å². The minimum absolute atomic E-state index is 0.297. The maximum absolute atomic E-state index is 2.76. The van der Waals surface area contributed by atoms with Crippen LogP contribution in [0.15, 0.2) is 0 Å². The van der Waals surface area contributed by atoms with Crippen molar-refractivity contribution in [3.05, 3.63) is 0 Å². The monoisotopic (exact) mass is 339 g/mol. The third-order valence-corrected chi connectivity index (χ3v) is 8.24. The topological polar surface area (TPSA) is 6.48 Å². The molecule has 0 N–H and O–H groups in total. The second kappa shape index (κ2) is 5.50. The van der Waals surface area contributed by atoms with Gasteiger partial charge in [-0.2, -0.15) is 0 Å². The van der Waals surface area contributed by atoms with Crippen molar-refractivity contribution in [1.29, 1.82) is 0 Å². The first kappa shape index (κ1) is 17.8. The molecular weight excluding hydrogens is 303 g/mol. The Morgan fingerprint density at radius 1 is 0.524 bits per heavy atom. The van der Waals surface area contributed by atoms with Gasteiger partial charge in [-0.15, -0.1) is 0 Å². The SMILES string of the molecule is CC1(C)CCCC(C)(C)[N]1[Co][N]1C(C)(C)CCCC1(C)C. The molecule has 0 saturated carbocycles. The zero-order valence-electron chi connectivity index (χ0n) is 15.5. The van der Waals surface area contributed by atoms with E-state index in [1.807, 2.05) is 0 Å². The second-order valence-corrected chi connectivity index (χ2v) is 10.7. The summed E-state index contributed by atoms with van der Waals surface area (Å²) in [6.07, 6.45) is 7.99. The van der Waals surface area contributed by atoms with Crippen LogP contribution in [0.3, 0.4) is 0 Å². The molecule has 0 unspecified atom stereocenters. The van der Waals surface area contributed by atoms with Crippen molar-refractivity contribution >= 4 is 0 Å². The van der Waals surface area contributed by atoms with E-state index in [4.69, 9.17) is 0 Å². The molecule has 2 aliphatic rings. The van der Waals surface area contributed by atoms with E-state index in [-0.39, 0.29) is 0 Å². The third kappa shape index (κ3) is 3.51. The number of piperidine rings is 2. The summed E-state index contributed by atoms with van der Waals surface area (Å²) >= 11 is 1.46. The molecule has 0 aromatic heterocycles. The van der Waals surface area contributed by atoms with Gasteiger partial charge in [0.05, 0.1) is 0 Å². The van der Waals surface area contributed by atoms with Gasteiger partial charge in [0.1, 0.15) is 0 Å². The Kier molecular flexibility index (Phi) is 4.66. The molecule has 2 rings (SSSR count). The van der Waals surface area contributed by atoms with Crippen molar-refractivity contribution in [2.45, 2.75) is 116 Å². The van der Waals surface area contributed by atoms with Crippen LogP contribution in [0.4, 0.5) is 0 Å². The zero-order valence-corrected chi connectivity index (χ0v) is 16.5. The van der Waals surface area contributed by atoms with Crippen LogP contribution in [0, 0.1) is 0 Å². The number of hydrogen-bond donors (Lipinski definition) is 0. The quantitative estimate of drug-likeness (QED) is 0.700. The molecule has 2 nitrogen and oxygen atoms in total. The molecule has 0 aliphatic carbocycles. The molecule has 127 valence electrons. The van der Waals surface area contributed by atoms with Gasteiger partial charge >= 0.3 is 139 Å². The molecule has 0 bridgehead atoms. The summed E-state index contributed by atoms with van der Waals surface area (Å²) in [5.74, 6) is 0. The molecule has 0 atom stereocenters. The summed E-state index contributed by atoms with van der Waals surface area (Å²) in [4.78, 5) is 0. The Labute approximate surface area is 139 Å². The number of hydrogen-bond acceptors (Lipinski definition) is 2. The summed E-state index contributed by atoms with van der Waals surface area (Å²) in [5, 5.41) is 0. The Balaban J connectivity index is 2.28. The van der Waals surface area contributed by atoms with Gasteiger partial charge in [0.2, 0.25) is 0 Å². The molecule has 2 aliphatic heterocycles. The van der Waals surface area contributed by atoms with Gasteiger partial charge in [-0.3, -0.25) is 0 Å². The fraction of sp³-hybridized carbons (Fsp3) is 1.00. The minimum atomic E-state index is 0.297.